The molecule has 4 aliphatic heterocycles. The molecule has 4 aromatic rings. The molecule has 61 heavy (non-hydrogen) atoms. The lowest BCUT2D eigenvalue weighted by Gasteiger charge is -2.41. The molecule has 2 atom stereocenters. The van der Waals surface area contributed by atoms with Gasteiger partial charge in [0.15, 0.2) is 5.69 Å². The van der Waals surface area contributed by atoms with Crippen LogP contribution in [0.4, 0.5) is 39.9 Å². The van der Waals surface area contributed by atoms with Crippen LogP contribution in [0.1, 0.15) is 105 Å². The van der Waals surface area contributed by atoms with Gasteiger partial charge in [-0.25, -0.2) is 13.6 Å². The summed E-state index contributed by atoms with van der Waals surface area (Å²) in [5.41, 5.74) is 1.56. The highest BCUT2D eigenvalue weighted by Crippen LogP contribution is 2.43. The molecule has 328 valence electrons. The number of ether oxygens (including phenoxy) is 1. The molecule has 2 fully saturated rings. The van der Waals surface area contributed by atoms with E-state index in [0.717, 1.165) is 34.8 Å². The van der Waals surface area contributed by atoms with Gasteiger partial charge in [-0.1, -0.05) is 24.3 Å². The number of nitrogens with one attached hydrogen (secondary N) is 2. The SMILES string of the molecule is COC(=O)N1CCc2[nH]nc(C(=O)N3CCC(c4cccc(F)c4C(F)(F)F)CC3CCN3CCc4[nH]nc(CN5CCC(c6cccc(F)c6C(F)(F)F)CC5)c4C3)c2C1. The fourth-order valence-corrected chi connectivity index (χ4v) is 9.80. The van der Waals surface area contributed by atoms with Gasteiger partial charge in [0.1, 0.15) is 11.6 Å². The largest absolute Gasteiger partial charge is 0.453 e. The predicted octanol–water partition coefficient (Wildman–Crippen LogP) is 7.79. The van der Waals surface area contributed by atoms with Gasteiger partial charge in [0.05, 0.1) is 30.5 Å². The molecule has 6 heterocycles. The molecule has 2 aromatic carbocycles. The van der Waals surface area contributed by atoms with Crippen LogP contribution in [0.25, 0.3) is 0 Å². The molecule has 0 bridgehead atoms. The molecule has 0 spiro atoms. The van der Waals surface area contributed by atoms with Gasteiger partial charge in [0, 0.05) is 80.7 Å². The first-order valence-electron chi connectivity index (χ1n) is 20.5. The molecular weight excluding hydrogens is 816 g/mol. The zero-order valence-electron chi connectivity index (χ0n) is 33.4. The second kappa shape index (κ2) is 17.0. The van der Waals surface area contributed by atoms with Crippen molar-refractivity contribution in [1.29, 1.82) is 0 Å². The third kappa shape index (κ3) is 8.72. The van der Waals surface area contributed by atoms with Crippen molar-refractivity contribution in [2.45, 2.75) is 94.8 Å². The second-order valence-corrected chi connectivity index (χ2v) is 16.4. The first-order chi connectivity index (χ1) is 29.1. The van der Waals surface area contributed by atoms with E-state index in [-0.39, 0.29) is 42.8 Å². The number of benzene rings is 2. The van der Waals surface area contributed by atoms with E-state index in [4.69, 9.17) is 4.74 Å². The highest BCUT2D eigenvalue weighted by molar-refractivity contribution is 5.94. The Kier molecular flexibility index (Phi) is 11.9. The number of fused-ring (bicyclic) bond motifs is 2. The lowest BCUT2D eigenvalue weighted by Crippen LogP contribution is -2.48. The number of halogens is 8. The van der Waals surface area contributed by atoms with Gasteiger partial charge >= 0.3 is 18.4 Å². The number of aromatic amines is 2. The van der Waals surface area contributed by atoms with Crippen molar-refractivity contribution < 1.29 is 49.4 Å². The number of rotatable bonds is 8. The lowest BCUT2D eigenvalue weighted by atomic mass is 9.81. The molecule has 2 amide bonds. The molecule has 4 aliphatic rings. The Labute approximate surface area is 346 Å². The number of hydrogen-bond donors (Lipinski definition) is 2. The summed E-state index contributed by atoms with van der Waals surface area (Å²) in [6.45, 7) is 3.68. The van der Waals surface area contributed by atoms with Gasteiger partial charge in [-0.3, -0.25) is 24.8 Å². The minimum Gasteiger partial charge on any atom is -0.453 e. The average Bonchev–Trinajstić information content (AvgIpc) is 3.85. The monoisotopic (exact) mass is 862 g/mol. The van der Waals surface area contributed by atoms with Crippen molar-refractivity contribution in [3.63, 3.8) is 0 Å². The molecule has 2 saturated heterocycles. The number of piperidine rings is 2. The zero-order chi connectivity index (χ0) is 43.2. The van der Waals surface area contributed by atoms with Gasteiger partial charge in [0.2, 0.25) is 0 Å². The topological polar surface area (TPSA) is 114 Å². The molecule has 0 aliphatic carbocycles. The second-order valence-electron chi connectivity index (χ2n) is 16.4. The minimum atomic E-state index is -4.91. The molecule has 0 saturated carbocycles. The molecular formula is C42H46F8N8O3. The Balaban J connectivity index is 0.969. The quantitative estimate of drug-likeness (QED) is 0.174. The maximum atomic E-state index is 14.8. The van der Waals surface area contributed by atoms with E-state index >= 15 is 0 Å². The Hall–Kier alpha value is -5.04. The Morgan fingerprint density at radius 1 is 0.754 bits per heavy atom. The zero-order valence-corrected chi connectivity index (χ0v) is 33.4. The van der Waals surface area contributed by atoms with Gasteiger partial charge in [-0.05, 0) is 80.3 Å². The van der Waals surface area contributed by atoms with Gasteiger partial charge < -0.3 is 14.5 Å². The minimum absolute atomic E-state index is 0.0184. The number of amides is 2. The van der Waals surface area contributed by atoms with Crippen molar-refractivity contribution in [2.75, 3.05) is 46.4 Å². The van der Waals surface area contributed by atoms with Crippen molar-refractivity contribution in [2.24, 2.45) is 0 Å². The van der Waals surface area contributed by atoms with E-state index < -0.39 is 65.0 Å². The number of carbonyl (C=O) groups excluding carboxylic acids is 2. The number of methoxy groups -OCH3 is 1. The van der Waals surface area contributed by atoms with Crippen LogP contribution in [-0.2, 0) is 49.6 Å². The number of carbonyl (C=O) groups is 2. The summed E-state index contributed by atoms with van der Waals surface area (Å²) in [7, 11) is 1.27. The smallest absolute Gasteiger partial charge is 0.419 e. The highest BCUT2D eigenvalue weighted by Gasteiger charge is 2.43. The predicted molar refractivity (Wildman–Crippen MR) is 204 cm³/mol. The summed E-state index contributed by atoms with van der Waals surface area (Å²) < 4.78 is 118. The summed E-state index contributed by atoms with van der Waals surface area (Å²) in [5.74, 6) is -4.13. The first kappa shape index (κ1) is 42.6. The van der Waals surface area contributed by atoms with E-state index in [1.807, 2.05) is 0 Å². The maximum absolute atomic E-state index is 14.8. The van der Waals surface area contributed by atoms with Gasteiger partial charge in [-0.2, -0.15) is 36.5 Å². The summed E-state index contributed by atoms with van der Waals surface area (Å²) in [6, 6.07) is 6.37. The van der Waals surface area contributed by atoms with E-state index in [0.29, 0.717) is 83.5 Å². The molecule has 8 rings (SSSR count). The molecule has 2 N–H and O–H groups in total. The molecule has 0 radical (unpaired) electrons. The number of hydrogen-bond acceptors (Lipinski definition) is 7. The van der Waals surface area contributed by atoms with Gasteiger partial charge in [0.25, 0.3) is 5.91 Å². The number of H-pyrrole nitrogens is 2. The molecule has 2 unspecified atom stereocenters. The normalized spacial score (nSPS) is 20.7. The molecule has 11 nitrogen and oxygen atoms in total. The summed E-state index contributed by atoms with van der Waals surface area (Å²) in [6.07, 6.45) is -7.60. The van der Waals surface area contributed by atoms with Crippen LogP contribution >= 0.6 is 0 Å². The van der Waals surface area contributed by atoms with Crippen LogP contribution in [0, 0.1) is 11.6 Å². The van der Waals surface area contributed by atoms with Crippen LogP contribution in [0.3, 0.4) is 0 Å². The maximum Gasteiger partial charge on any atom is 0.419 e. The third-order valence-corrected chi connectivity index (χ3v) is 12.9. The summed E-state index contributed by atoms with van der Waals surface area (Å²) in [5, 5.41) is 15.0. The van der Waals surface area contributed by atoms with Crippen molar-refractivity contribution in [1.82, 2.24) is 40.0 Å². The average molecular weight is 863 g/mol. The van der Waals surface area contributed by atoms with Crippen LogP contribution in [-0.4, -0.2) is 104 Å². The number of alkyl halides is 6. The van der Waals surface area contributed by atoms with E-state index in [9.17, 15) is 44.7 Å². The summed E-state index contributed by atoms with van der Waals surface area (Å²) >= 11 is 0. The highest BCUT2D eigenvalue weighted by atomic mass is 19.4. The van der Waals surface area contributed by atoms with Crippen molar-refractivity contribution >= 4 is 12.0 Å². The van der Waals surface area contributed by atoms with E-state index in [1.165, 1.54) is 36.3 Å². The first-order valence-corrected chi connectivity index (χ1v) is 20.5. The van der Waals surface area contributed by atoms with Crippen molar-refractivity contribution in [3.8, 4) is 0 Å². The summed E-state index contributed by atoms with van der Waals surface area (Å²) in [4.78, 5) is 34.2. The third-order valence-electron chi connectivity index (χ3n) is 12.9. The van der Waals surface area contributed by atoms with E-state index in [2.05, 4.69) is 30.2 Å². The van der Waals surface area contributed by atoms with Crippen molar-refractivity contribution in [3.05, 3.63) is 104 Å². The molecule has 19 heteroatoms. The van der Waals surface area contributed by atoms with Crippen LogP contribution in [0.2, 0.25) is 0 Å². The fourth-order valence-electron chi connectivity index (χ4n) is 9.80. The van der Waals surface area contributed by atoms with E-state index in [1.54, 1.807) is 4.90 Å². The Bertz CT molecular complexity index is 2250. The number of nitrogens with zero attached hydrogens (tertiary/aromatic N) is 6. The fraction of sp³-hybridized carbons (Fsp3) is 0.524. The van der Waals surface area contributed by atoms with Crippen LogP contribution < -0.4 is 0 Å². The lowest BCUT2D eigenvalue weighted by molar-refractivity contribution is -0.141. The van der Waals surface area contributed by atoms with Crippen LogP contribution in [0.15, 0.2) is 36.4 Å². The number of likely N-dealkylation sites (tertiary alicyclic amines) is 2. The van der Waals surface area contributed by atoms with Crippen LogP contribution in [0.5, 0.6) is 0 Å². The Morgan fingerprint density at radius 2 is 1.36 bits per heavy atom. The molecule has 2 aromatic heterocycles. The van der Waals surface area contributed by atoms with Gasteiger partial charge in [-0.15, -0.1) is 0 Å². The standard InChI is InChI=1S/C42H46F8N8O3/c1-61-40(60)57-18-13-34-30(22-57)38(54-52-34)39(59)58-19-10-25(28-5-3-7-32(44)37(28)42(48,49)50)20-26(58)11-16-55-17-12-33-29(21-55)35(53-51-33)23-56-14-8-24(9-15-56)27-4-2-6-31(43)36(27)41(45,46)47/h2-7,24-26H,8-23H2,1H3,(H,51,53)(H,52,54). The Morgan fingerprint density at radius 3 is 2.02 bits per heavy atom. The number of aromatic nitrogens is 4.